The summed E-state index contributed by atoms with van der Waals surface area (Å²) in [5.74, 6) is 0.452. The fourth-order valence-electron chi connectivity index (χ4n) is 3.03. The Morgan fingerprint density at radius 2 is 2.12 bits per heavy atom. The Morgan fingerprint density at radius 1 is 1.27 bits per heavy atom. The van der Waals surface area contributed by atoms with Gasteiger partial charge in [-0.05, 0) is 32.3 Å². The van der Waals surface area contributed by atoms with Gasteiger partial charge in [-0.3, -0.25) is 14.7 Å². The lowest BCUT2D eigenvalue weighted by Gasteiger charge is -2.17. The maximum atomic E-state index is 9.95. The van der Waals surface area contributed by atoms with Gasteiger partial charge in [0, 0.05) is 36.3 Å². The van der Waals surface area contributed by atoms with Crippen LogP contribution in [-0.2, 0) is 6.54 Å². The van der Waals surface area contributed by atoms with Gasteiger partial charge in [-0.15, -0.1) is 0 Å². The second-order valence-electron chi connectivity index (χ2n) is 6.59. The maximum absolute atomic E-state index is 9.95. The van der Waals surface area contributed by atoms with Crippen LogP contribution in [0.1, 0.15) is 6.42 Å². The number of hydrogen-bond acceptors (Lipinski definition) is 6. The molecule has 1 unspecified atom stereocenters. The molecular weight excluding hydrogens is 330 g/mol. The first-order chi connectivity index (χ1) is 12.5. The Bertz CT molecular complexity index is 1050. The van der Waals surface area contributed by atoms with Crippen molar-refractivity contribution in [3.8, 4) is 11.3 Å². The number of fused-ring (bicyclic) bond motifs is 3. The number of anilines is 1. The molecule has 1 atom stereocenters. The summed E-state index contributed by atoms with van der Waals surface area (Å²) in [6.45, 7) is 0.598. The van der Waals surface area contributed by atoms with Gasteiger partial charge in [-0.2, -0.15) is 10.2 Å². The van der Waals surface area contributed by atoms with Crippen LogP contribution in [0.2, 0.25) is 0 Å². The molecule has 4 N–H and O–H groups in total. The number of aryl methyl sites for hydroxylation is 1. The van der Waals surface area contributed by atoms with E-state index < -0.39 is 6.23 Å². The van der Waals surface area contributed by atoms with Crippen molar-refractivity contribution in [2.45, 2.75) is 19.2 Å². The van der Waals surface area contributed by atoms with Gasteiger partial charge in [-0.25, -0.2) is 4.98 Å². The third-order valence-corrected chi connectivity index (χ3v) is 4.56. The van der Waals surface area contributed by atoms with Gasteiger partial charge in [0.1, 0.15) is 17.6 Å². The second-order valence-corrected chi connectivity index (χ2v) is 6.59. The third-order valence-electron chi connectivity index (χ3n) is 4.56. The Hall–Kier alpha value is -2.97. The minimum absolute atomic E-state index is 0.452. The number of hydrogen-bond donors (Lipinski definition) is 3. The zero-order chi connectivity index (χ0) is 18.3. The number of benzene rings is 1. The largest absolute Gasteiger partial charge is 0.383 e. The van der Waals surface area contributed by atoms with Crippen LogP contribution < -0.4 is 5.73 Å². The van der Waals surface area contributed by atoms with Gasteiger partial charge in [0.2, 0.25) is 0 Å². The zero-order valence-electron chi connectivity index (χ0n) is 14.7. The summed E-state index contributed by atoms with van der Waals surface area (Å²) in [5, 5.41) is 23.3. The molecule has 3 heterocycles. The highest BCUT2D eigenvalue weighted by atomic mass is 16.3. The average Bonchev–Trinajstić information content (AvgIpc) is 3.29. The molecule has 0 bridgehead atoms. The molecule has 0 saturated carbocycles. The van der Waals surface area contributed by atoms with Gasteiger partial charge >= 0.3 is 0 Å². The SMILES string of the molecule is CN(C)C(O)CCn1cc2c(N)nc3cc(-c4ccn[nH]4)ccc3c2n1. The summed E-state index contributed by atoms with van der Waals surface area (Å²) < 4.78 is 1.82. The standard InChI is InChI=1S/C18H21N7O/c1-24(2)16(26)6-8-25-10-13-17(23-25)12-4-3-11(14-5-7-20-22-14)9-15(12)21-18(13)19/h3-5,7,9-10,16,26H,6,8H2,1-2H3,(H2,19,21)(H,20,22). The highest BCUT2D eigenvalue weighted by Crippen LogP contribution is 2.29. The van der Waals surface area contributed by atoms with Gasteiger partial charge in [0.25, 0.3) is 0 Å². The molecule has 1 aromatic carbocycles. The molecule has 0 radical (unpaired) electrons. The number of aliphatic hydroxyl groups is 1. The molecule has 8 nitrogen and oxygen atoms in total. The van der Waals surface area contributed by atoms with Crippen LogP contribution >= 0.6 is 0 Å². The Kier molecular flexibility index (Phi) is 4.06. The van der Waals surface area contributed by atoms with Gasteiger partial charge in [-0.1, -0.05) is 6.07 Å². The van der Waals surface area contributed by atoms with Crippen LogP contribution in [0.25, 0.3) is 33.1 Å². The summed E-state index contributed by atoms with van der Waals surface area (Å²) in [7, 11) is 3.69. The molecule has 134 valence electrons. The highest BCUT2D eigenvalue weighted by Gasteiger charge is 2.13. The summed E-state index contributed by atoms with van der Waals surface area (Å²) in [6, 6.07) is 7.91. The normalized spacial score (nSPS) is 13.1. The maximum Gasteiger partial charge on any atom is 0.135 e. The third kappa shape index (κ3) is 2.89. The number of nitrogens with zero attached hydrogens (tertiary/aromatic N) is 5. The van der Waals surface area contributed by atoms with E-state index in [1.165, 1.54) is 0 Å². The van der Waals surface area contributed by atoms with E-state index >= 15 is 0 Å². The molecule has 3 aromatic heterocycles. The van der Waals surface area contributed by atoms with Crippen molar-refractivity contribution >= 4 is 27.6 Å². The minimum Gasteiger partial charge on any atom is -0.383 e. The van der Waals surface area contributed by atoms with Crippen LogP contribution in [-0.4, -0.2) is 55.3 Å². The number of rotatable bonds is 5. The van der Waals surface area contributed by atoms with E-state index in [1.54, 1.807) is 11.1 Å². The monoisotopic (exact) mass is 351 g/mol. The quantitative estimate of drug-likeness (QED) is 0.473. The molecule has 8 heteroatoms. The lowest BCUT2D eigenvalue weighted by molar-refractivity contribution is 0.0291. The predicted octanol–water partition coefficient (Wildman–Crippen LogP) is 1.83. The van der Waals surface area contributed by atoms with Crippen molar-refractivity contribution in [2.75, 3.05) is 19.8 Å². The minimum atomic E-state index is -0.508. The number of nitrogens with two attached hydrogens (primary N) is 1. The average molecular weight is 351 g/mol. The van der Waals surface area contributed by atoms with Crippen molar-refractivity contribution in [3.63, 3.8) is 0 Å². The smallest absolute Gasteiger partial charge is 0.135 e. The number of nitrogen functional groups attached to an aromatic ring is 1. The van der Waals surface area contributed by atoms with Crippen molar-refractivity contribution in [1.29, 1.82) is 0 Å². The number of nitrogens with one attached hydrogen (secondary N) is 1. The lowest BCUT2D eigenvalue weighted by atomic mass is 10.1. The first-order valence-electron chi connectivity index (χ1n) is 8.43. The van der Waals surface area contributed by atoms with E-state index in [2.05, 4.69) is 20.3 Å². The van der Waals surface area contributed by atoms with Gasteiger partial charge in [0.05, 0.1) is 16.6 Å². The fraction of sp³-hybridized carbons (Fsp3) is 0.278. The molecule has 26 heavy (non-hydrogen) atoms. The lowest BCUT2D eigenvalue weighted by Crippen LogP contribution is -2.28. The summed E-state index contributed by atoms with van der Waals surface area (Å²) in [6.07, 6.45) is 3.68. The van der Waals surface area contributed by atoms with Crippen molar-refractivity contribution in [1.82, 2.24) is 29.9 Å². The van der Waals surface area contributed by atoms with Crippen molar-refractivity contribution < 1.29 is 5.11 Å². The van der Waals surface area contributed by atoms with E-state index in [-0.39, 0.29) is 0 Å². The van der Waals surface area contributed by atoms with E-state index in [1.807, 2.05) is 49.2 Å². The first kappa shape index (κ1) is 16.5. The molecule has 0 amide bonds. The van der Waals surface area contributed by atoms with Crippen molar-refractivity contribution in [3.05, 3.63) is 36.7 Å². The topological polar surface area (TPSA) is 109 Å². The summed E-state index contributed by atoms with van der Waals surface area (Å²) >= 11 is 0. The number of pyridine rings is 1. The van der Waals surface area contributed by atoms with E-state index in [0.29, 0.717) is 18.8 Å². The Morgan fingerprint density at radius 3 is 2.85 bits per heavy atom. The van der Waals surface area contributed by atoms with E-state index in [0.717, 1.165) is 33.1 Å². The van der Waals surface area contributed by atoms with Crippen LogP contribution in [0.4, 0.5) is 5.82 Å². The zero-order valence-corrected chi connectivity index (χ0v) is 14.7. The molecular formula is C18H21N7O. The van der Waals surface area contributed by atoms with E-state index in [4.69, 9.17) is 5.73 Å². The molecule has 0 fully saturated rings. The molecule has 0 saturated heterocycles. The highest BCUT2D eigenvalue weighted by molar-refractivity contribution is 6.08. The van der Waals surface area contributed by atoms with Crippen LogP contribution in [0.3, 0.4) is 0 Å². The Labute approximate surface area is 150 Å². The molecule has 0 aliphatic rings. The van der Waals surface area contributed by atoms with Gasteiger partial charge in [0.15, 0.2) is 0 Å². The summed E-state index contributed by atoms with van der Waals surface area (Å²) in [5.41, 5.74) is 9.70. The molecule has 0 aliphatic carbocycles. The molecule has 4 aromatic rings. The van der Waals surface area contributed by atoms with E-state index in [9.17, 15) is 5.11 Å². The number of aromatic amines is 1. The van der Waals surface area contributed by atoms with Crippen LogP contribution in [0.15, 0.2) is 36.7 Å². The van der Waals surface area contributed by atoms with Crippen LogP contribution in [0.5, 0.6) is 0 Å². The van der Waals surface area contributed by atoms with Gasteiger partial charge < -0.3 is 10.8 Å². The molecule has 0 spiro atoms. The summed E-state index contributed by atoms with van der Waals surface area (Å²) in [4.78, 5) is 6.31. The van der Waals surface area contributed by atoms with Crippen molar-refractivity contribution in [2.24, 2.45) is 0 Å². The second kappa shape index (κ2) is 6.40. The first-order valence-corrected chi connectivity index (χ1v) is 8.43. The van der Waals surface area contributed by atoms with Crippen LogP contribution in [0, 0.1) is 0 Å². The Balaban J connectivity index is 1.74. The number of aliphatic hydroxyl groups excluding tert-OH is 1. The number of aromatic nitrogens is 5. The fourth-order valence-corrected chi connectivity index (χ4v) is 3.03. The predicted molar refractivity (Wildman–Crippen MR) is 101 cm³/mol. The number of H-pyrrole nitrogens is 1. The molecule has 0 aliphatic heterocycles. The molecule has 4 rings (SSSR count).